The minimum absolute atomic E-state index is 0.0176. The number of nitrogens with zero attached hydrogens (tertiary/aromatic N) is 1. The first-order valence-corrected chi connectivity index (χ1v) is 7.39. The van der Waals surface area contributed by atoms with Gasteiger partial charge in [-0.2, -0.15) is 0 Å². The lowest BCUT2D eigenvalue weighted by molar-refractivity contribution is -0.138. The molecule has 1 aromatic carbocycles. The number of likely N-dealkylation sites (tertiary alicyclic amines) is 1. The van der Waals surface area contributed by atoms with E-state index in [1.807, 2.05) is 0 Å². The summed E-state index contributed by atoms with van der Waals surface area (Å²) < 4.78 is 13.9. The Morgan fingerprint density at radius 2 is 2.24 bits per heavy atom. The average molecular weight is 359 g/mol. The number of carboxylic acids is 1. The lowest BCUT2D eigenvalue weighted by Gasteiger charge is -2.18. The van der Waals surface area contributed by atoms with Crippen LogP contribution in [0, 0.1) is 18.7 Å². The molecule has 2 N–H and O–H groups in total. The summed E-state index contributed by atoms with van der Waals surface area (Å²) in [4.78, 5) is 24.4. The van der Waals surface area contributed by atoms with Crippen molar-refractivity contribution < 1.29 is 19.1 Å². The summed E-state index contributed by atoms with van der Waals surface area (Å²) in [7, 11) is 0. The second-order valence-electron chi connectivity index (χ2n) is 5.21. The van der Waals surface area contributed by atoms with Crippen LogP contribution in [0.1, 0.15) is 18.4 Å². The Morgan fingerprint density at radius 1 is 1.52 bits per heavy atom. The summed E-state index contributed by atoms with van der Waals surface area (Å²) in [5, 5.41) is 11.4. The fourth-order valence-electron chi connectivity index (χ4n) is 2.41. The minimum Gasteiger partial charge on any atom is -0.481 e. The van der Waals surface area contributed by atoms with Crippen molar-refractivity contribution in [2.24, 2.45) is 5.92 Å². The molecule has 0 bridgehead atoms. The van der Waals surface area contributed by atoms with Crippen LogP contribution in [-0.2, 0) is 4.79 Å². The van der Waals surface area contributed by atoms with Gasteiger partial charge in [0.2, 0.25) is 0 Å². The largest absolute Gasteiger partial charge is 0.481 e. The molecule has 2 amide bonds. The van der Waals surface area contributed by atoms with Gasteiger partial charge in [0.05, 0.1) is 4.47 Å². The number of carbonyl (C=O) groups excluding carboxylic acids is 1. The van der Waals surface area contributed by atoms with E-state index in [1.54, 1.807) is 17.9 Å². The summed E-state index contributed by atoms with van der Waals surface area (Å²) in [6, 6.07) is 2.54. The van der Waals surface area contributed by atoms with Gasteiger partial charge in [0, 0.05) is 25.2 Å². The molecule has 1 unspecified atom stereocenters. The summed E-state index contributed by atoms with van der Waals surface area (Å²) in [6.07, 6.45) is 0.739. The molecule has 21 heavy (non-hydrogen) atoms. The molecule has 1 aliphatic rings. The number of hydrogen-bond donors (Lipinski definition) is 2. The standard InChI is InChI=1S/C14H16BrFN2O3/c1-8-4-10(15)11(16)6-12(8)17-14(21)18-3-2-9(7-18)5-13(19)20/h4,6,9H,2-3,5,7H2,1H3,(H,17,21)(H,19,20). The molecule has 1 atom stereocenters. The van der Waals surface area contributed by atoms with Crippen LogP contribution in [0.2, 0.25) is 0 Å². The SMILES string of the molecule is Cc1cc(Br)c(F)cc1NC(=O)N1CCC(CC(=O)O)C1. The normalized spacial score (nSPS) is 17.9. The maximum Gasteiger partial charge on any atom is 0.321 e. The molecule has 1 aliphatic heterocycles. The summed E-state index contributed by atoms with van der Waals surface area (Å²) in [5.74, 6) is -1.31. The smallest absolute Gasteiger partial charge is 0.321 e. The van der Waals surface area contributed by atoms with Crippen molar-refractivity contribution in [3.63, 3.8) is 0 Å². The van der Waals surface area contributed by atoms with Crippen LogP contribution in [0.25, 0.3) is 0 Å². The predicted molar refractivity (Wildman–Crippen MR) is 79.8 cm³/mol. The number of halogens is 2. The number of benzene rings is 1. The van der Waals surface area contributed by atoms with Gasteiger partial charge in [0.15, 0.2) is 0 Å². The zero-order valence-electron chi connectivity index (χ0n) is 11.5. The molecule has 0 saturated carbocycles. The van der Waals surface area contributed by atoms with Gasteiger partial charge in [0.25, 0.3) is 0 Å². The van der Waals surface area contributed by atoms with Crippen molar-refractivity contribution in [2.75, 3.05) is 18.4 Å². The molecule has 0 aromatic heterocycles. The molecule has 1 aromatic rings. The van der Waals surface area contributed by atoms with Crippen LogP contribution >= 0.6 is 15.9 Å². The summed E-state index contributed by atoms with van der Waals surface area (Å²) in [5.41, 5.74) is 1.17. The second-order valence-corrected chi connectivity index (χ2v) is 6.06. The highest BCUT2D eigenvalue weighted by Crippen LogP contribution is 2.25. The molecular formula is C14H16BrFN2O3. The molecule has 7 heteroatoms. The third-order valence-electron chi connectivity index (χ3n) is 3.55. The van der Waals surface area contributed by atoms with E-state index in [0.29, 0.717) is 29.7 Å². The zero-order valence-corrected chi connectivity index (χ0v) is 13.1. The molecule has 1 fully saturated rings. The monoisotopic (exact) mass is 358 g/mol. The second kappa shape index (κ2) is 6.43. The number of urea groups is 1. The number of rotatable bonds is 3. The number of hydrogen-bond acceptors (Lipinski definition) is 2. The van der Waals surface area contributed by atoms with E-state index < -0.39 is 11.8 Å². The van der Waals surface area contributed by atoms with Gasteiger partial charge >= 0.3 is 12.0 Å². The molecule has 5 nitrogen and oxygen atoms in total. The topological polar surface area (TPSA) is 69.6 Å². The van der Waals surface area contributed by atoms with E-state index in [2.05, 4.69) is 21.2 Å². The third kappa shape index (κ3) is 3.93. The maximum absolute atomic E-state index is 13.5. The van der Waals surface area contributed by atoms with Gasteiger partial charge in [-0.1, -0.05) is 0 Å². The van der Waals surface area contributed by atoms with E-state index in [1.165, 1.54) is 6.07 Å². The van der Waals surface area contributed by atoms with Gasteiger partial charge in [0.1, 0.15) is 5.82 Å². The van der Waals surface area contributed by atoms with E-state index in [0.717, 1.165) is 5.56 Å². The van der Waals surface area contributed by atoms with Crippen LogP contribution in [-0.4, -0.2) is 35.1 Å². The Bertz CT molecular complexity index is 580. The molecule has 114 valence electrons. The Hall–Kier alpha value is -1.63. The number of anilines is 1. The maximum atomic E-state index is 13.5. The fourth-order valence-corrected chi connectivity index (χ4v) is 2.86. The fraction of sp³-hybridized carbons (Fsp3) is 0.429. The molecule has 0 radical (unpaired) electrons. The lowest BCUT2D eigenvalue weighted by Crippen LogP contribution is -2.33. The van der Waals surface area contributed by atoms with Gasteiger partial charge in [-0.3, -0.25) is 4.79 Å². The van der Waals surface area contributed by atoms with Crippen molar-refractivity contribution in [1.82, 2.24) is 4.90 Å². The number of aryl methyl sites for hydroxylation is 1. The number of nitrogens with one attached hydrogen (secondary N) is 1. The van der Waals surface area contributed by atoms with Crippen LogP contribution in [0.3, 0.4) is 0 Å². The highest BCUT2D eigenvalue weighted by molar-refractivity contribution is 9.10. The number of carbonyl (C=O) groups is 2. The molecule has 1 heterocycles. The molecule has 0 spiro atoms. The van der Waals surface area contributed by atoms with Crippen LogP contribution in [0.4, 0.5) is 14.9 Å². The zero-order chi connectivity index (χ0) is 15.6. The molecule has 1 saturated heterocycles. The summed E-state index contributed by atoms with van der Waals surface area (Å²) in [6.45, 7) is 2.70. The van der Waals surface area contributed by atoms with Gasteiger partial charge < -0.3 is 15.3 Å². The van der Waals surface area contributed by atoms with Crippen molar-refractivity contribution >= 4 is 33.6 Å². The van der Waals surface area contributed by atoms with Crippen LogP contribution < -0.4 is 5.32 Å². The molecule has 0 aliphatic carbocycles. The number of amides is 2. The minimum atomic E-state index is -0.854. The predicted octanol–water partition coefficient (Wildman–Crippen LogP) is 3.23. The van der Waals surface area contributed by atoms with E-state index in [9.17, 15) is 14.0 Å². The van der Waals surface area contributed by atoms with Gasteiger partial charge in [-0.05, 0) is 52.9 Å². The van der Waals surface area contributed by atoms with Crippen molar-refractivity contribution in [3.05, 3.63) is 28.0 Å². The first-order chi connectivity index (χ1) is 9.86. The number of carboxylic acid groups (broad SMARTS) is 1. The average Bonchev–Trinajstić information content (AvgIpc) is 2.83. The van der Waals surface area contributed by atoms with Gasteiger partial charge in [-0.25, -0.2) is 9.18 Å². The molecule has 2 rings (SSSR count). The van der Waals surface area contributed by atoms with E-state index >= 15 is 0 Å². The Balaban J connectivity index is 1.99. The highest BCUT2D eigenvalue weighted by Gasteiger charge is 2.28. The highest BCUT2D eigenvalue weighted by atomic mass is 79.9. The van der Waals surface area contributed by atoms with Crippen molar-refractivity contribution in [1.29, 1.82) is 0 Å². The first-order valence-electron chi connectivity index (χ1n) is 6.60. The van der Waals surface area contributed by atoms with Crippen LogP contribution in [0.15, 0.2) is 16.6 Å². The first kappa shape index (κ1) is 15.8. The Morgan fingerprint density at radius 3 is 2.90 bits per heavy atom. The molecular weight excluding hydrogens is 343 g/mol. The van der Waals surface area contributed by atoms with E-state index in [-0.39, 0.29) is 18.4 Å². The van der Waals surface area contributed by atoms with Crippen molar-refractivity contribution in [3.8, 4) is 0 Å². The third-order valence-corrected chi connectivity index (χ3v) is 4.15. The Labute approximate surface area is 130 Å². The van der Waals surface area contributed by atoms with Crippen molar-refractivity contribution in [2.45, 2.75) is 19.8 Å². The lowest BCUT2D eigenvalue weighted by atomic mass is 10.1. The summed E-state index contributed by atoms with van der Waals surface area (Å²) >= 11 is 3.09. The Kier molecular flexibility index (Phi) is 4.82. The van der Waals surface area contributed by atoms with E-state index in [4.69, 9.17) is 5.11 Å². The number of aliphatic carboxylic acids is 1. The quantitative estimate of drug-likeness (QED) is 0.871. The van der Waals surface area contributed by atoms with Crippen LogP contribution in [0.5, 0.6) is 0 Å². The van der Waals surface area contributed by atoms with Gasteiger partial charge in [-0.15, -0.1) is 0 Å².